The van der Waals surface area contributed by atoms with Gasteiger partial charge in [-0.2, -0.15) is 5.10 Å². The zero-order valence-corrected chi connectivity index (χ0v) is 16.4. The molecule has 0 aliphatic carbocycles. The van der Waals surface area contributed by atoms with Crippen molar-refractivity contribution in [3.63, 3.8) is 0 Å². The fourth-order valence-electron chi connectivity index (χ4n) is 2.96. The molecule has 1 aromatic heterocycles. The van der Waals surface area contributed by atoms with Crippen LogP contribution < -0.4 is 14.8 Å². The van der Waals surface area contributed by atoms with Crippen LogP contribution >= 0.6 is 0 Å². The second-order valence-corrected chi connectivity index (χ2v) is 6.53. The largest absolute Gasteiger partial charge is 0.497 e. The van der Waals surface area contributed by atoms with E-state index < -0.39 is 0 Å². The Morgan fingerprint density at radius 3 is 2.39 bits per heavy atom. The Hall–Kier alpha value is -3.28. The topological polar surface area (TPSA) is 65.4 Å². The molecule has 0 aliphatic rings. The van der Waals surface area contributed by atoms with E-state index in [0.29, 0.717) is 18.8 Å². The number of hydrogen-bond donors (Lipinski definition) is 1. The summed E-state index contributed by atoms with van der Waals surface area (Å²) in [6.45, 7) is 5.09. The van der Waals surface area contributed by atoms with E-state index in [9.17, 15) is 4.79 Å². The Bertz CT molecular complexity index is 918. The lowest BCUT2D eigenvalue weighted by molar-refractivity contribution is -0.123. The highest BCUT2D eigenvalue weighted by Gasteiger charge is 2.13. The van der Waals surface area contributed by atoms with Gasteiger partial charge in [-0.3, -0.25) is 9.48 Å². The van der Waals surface area contributed by atoms with Crippen molar-refractivity contribution < 1.29 is 14.3 Å². The lowest BCUT2D eigenvalue weighted by atomic mass is 10.2. The molecule has 6 nitrogen and oxygen atoms in total. The van der Waals surface area contributed by atoms with Gasteiger partial charge in [0.15, 0.2) is 6.61 Å². The monoisotopic (exact) mass is 379 g/mol. The molecule has 3 rings (SSSR count). The number of nitrogens with one attached hydrogen (secondary N) is 1. The van der Waals surface area contributed by atoms with Gasteiger partial charge in [0, 0.05) is 17.8 Å². The minimum absolute atomic E-state index is 0.0391. The molecule has 146 valence electrons. The number of aryl methyl sites for hydroxylation is 1. The molecule has 1 N–H and O–H groups in total. The van der Waals surface area contributed by atoms with Gasteiger partial charge in [-0.05, 0) is 43.7 Å². The van der Waals surface area contributed by atoms with Gasteiger partial charge in [-0.1, -0.05) is 30.3 Å². The summed E-state index contributed by atoms with van der Waals surface area (Å²) >= 11 is 0. The van der Waals surface area contributed by atoms with E-state index in [1.165, 1.54) is 5.56 Å². The fraction of sp³-hybridized carbons (Fsp3) is 0.273. The first-order chi connectivity index (χ1) is 13.6. The number of ether oxygens (including phenoxy) is 2. The Balaban J connectivity index is 1.54. The van der Waals surface area contributed by atoms with Crippen molar-refractivity contribution in [2.75, 3.05) is 13.7 Å². The average molecular weight is 379 g/mol. The highest BCUT2D eigenvalue weighted by Crippen LogP contribution is 2.17. The number of rotatable bonds is 8. The molecule has 0 saturated carbocycles. The van der Waals surface area contributed by atoms with Crippen molar-refractivity contribution in [2.45, 2.75) is 26.9 Å². The Morgan fingerprint density at radius 1 is 1.04 bits per heavy atom. The van der Waals surface area contributed by atoms with Gasteiger partial charge in [0.2, 0.25) is 0 Å². The molecule has 0 spiro atoms. The zero-order valence-electron chi connectivity index (χ0n) is 16.4. The minimum Gasteiger partial charge on any atom is -0.497 e. The average Bonchev–Trinajstić information content (AvgIpc) is 2.98. The summed E-state index contributed by atoms with van der Waals surface area (Å²) in [7, 11) is 1.61. The number of carbonyl (C=O) groups is 1. The number of benzene rings is 2. The van der Waals surface area contributed by atoms with Crippen molar-refractivity contribution in [1.82, 2.24) is 15.1 Å². The number of methoxy groups -OCH3 is 1. The molecular weight excluding hydrogens is 354 g/mol. The van der Waals surface area contributed by atoms with Crippen LogP contribution in [0.25, 0.3) is 0 Å². The Kier molecular flexibility index (Phi) is 6.32. The number of amides is 1. The third-order valence-corrected chi connectivity index (χ3v) is 4.60. The number of aromatic nitrogens is 2. The van der Waals surface area contributed by atoms with Gasteiger partial charge < -0.3 is 14.8 Å². The fourth-order valence-corrected chi connectivity index (χ4v) is 2.96. The van der Waals surface area contributed by atoms with Gasteiger partial charge in [-0.15, -0.1) is 0 Å². The summed E-state index contributed by atoms with van der Waals surface area (Å²) in [5, 5.41) is 7.52. The molecule has 0 saturated heterocycles. The highest BCUT2D eigenvalue weighted by molar-refractivity contribution is 5.77. The maximum atomic E-state index is 12.1. The van der Waals surface area contributed by atoms with E-state index in [4.69, 9.17) is 9.47 Å². The minimum atomic E-state index is -0.176. The van der Waals surface area contributed by atoms with E-state index in [2.05, 4.69) is 22.5 Å². The maximum Gasteiger partial charge on any atom is 0.258 e. The number of hydrogen-bond acceptors (Lipinski definition) is 4. The molecule has 3 aromatic rings. The quantitative estimate of drug-likeness (QED) is 0.652. The predicted octanol–water partition coefficient (Wildman–Crippen LogP) is 3.25. The standard InChI is InChI=1S/C22H25N3O3/c1-16-21(17(2)25(24-16)14-18-7-5-4-6-8-18)13-23-22(26)15-28-20-11-9-19(27-3)10-12-20/h4-12H,13-15H2,1-3H3,(H,23,26). The predicted molar refractivity (Wildman–Crippen MR) is 108 cm³/mol. The van der Waals surface area contributed by atoms with Crippen molar-refractivity contribution in [3.05, 3.63) is 77.1 Å². The Morgan fingerprint density at radius 2 is 1.71 bits per heavy atom. The van der Waals surface area contributed by atoms with E-state index in [1.54, 1.807) is 31.4 Å². The molecule has 1 amide bonds. The van der Waals surface area contributed by atoms with E-state index in [0.717, 1.165) is 22.7 Å². The van der Waals surface area contributed by atoms with Crippen LogP contribution in [0.4, 0.5) is 0 Å². The lowest BCUT2D eigenvalue weighted by Gasteiger charge is -2.09. The van der Waals surface area contributed by atoms with Gasteiger partial charge in [0.05, 0.1) is 19.3 Å². The zero-order chi connectivity index (χ0) is 19.9. The van der Waals surface area contributed by atoms with E-state index in [1.807, 2.05) is 36.7 Å². The molecule has 2 aromatic carbocycles. The van der Waals surface area contributed by atoms with Crippen LogP contribution in [0.5, 0.6) is 11.5 Å². The summed E-state index contributed by atoms with van der Waals surface area (Å²) in [6.07, 6.45) is 0. The first-order valence-electron chi connectivity index (χ1n) is 9.17. The summed E-state index contributed by atoms with van der Waals surface area (Å²) in [5.74, 6) is 1.19. The summed E-state index contributed by atoms with van der Waals surface area (Å²) in [6, 6.07) is 17.3. The Labute approximate surface area is 165 Å². The lowest BCUT2D eigenvalue weighted by Crippen LogP contribution is -2.28. The first-order valence-corrected chi connectivity index (χ1v) is 9.17. The van der Waals surface area contributed by atoms with Gasteiger partial charge in [0.25, 0.3) is 5.91 Å². The molecule has 0 unspecified atom stereocenters. The molecule has 0 bridgehead atoms. The maximum absolute atomic E-state index is 12.1. The molecule has 0 fully saturated rings. The molecule has 28 heavy (non-hydrogen) atoms. The molecular formula is C22H25N3O3. The number of carbonyl (C=O) groups excluding carboxylic acids is 1. The van der Waals surface area contributed by atoms with Crippen molar-refractivity contribution >= 4 is 5.91 Å². The molecule has 0 aliphatic heterocycles. The number of nitrogens with zero attached hydrogens (tertiary/aromatic N) is 2. The van der Waals surface area contributed by atoms with Crippen LogP contribution in [0.15, 0.2) is 54.6 Å². The second-order valence-electron chi connectivity index (χ2n) is 6.53. The van der Waals surface area contributed by atoms with Crippen LogP contribution in [0.3, 0.4) is 0 Å². The third kappa shape index (κ3) is 4.91. The first kappa shape index (κ1) is 19.5. The molecule has 0 atom stereocenters. The molecule has 1 heterocycles. The van der Waals surface area contributed by atoms with Crippen molar-refractivity contribution in [2.24, 2.45) is 0 Å². The molecule has 0 radical (unpaired) electrons. The second kappa shape index (κ2) is 9.08. The summed E-state index contributed by atoms with van der Waals surface area (Å²) in [4.78, 5) is 12.1. The third-order valence-electron chi connectivity index (χ3n) is 4.60. The van der Waals surface area contributed by atoms with Crippen LogP contribution in [0.1, 0.15) is 22.5 Å². The highest BCUT2D eigenvalue weighted by atomic mass is 16.5. The van der Waals surface area contributed by atoms with Crippen LogP contribution in [-0.4, -0.2) is 29.4 Å². The van der Waals surface area contributed by atoms with Gasteiger partial charge in [-0.25, -0.2) is 0 Å². The van der Waals surface area contributed by atoms with Crippen LogP contribution in [0, 0.1) is 13.8 Å². The van der Waals surface area contributed by atoms with Crippen molar-refractivity contribution in [3.8, 4) is 11.5 Å². The van der Waals surface area contributed by atoms with Crippen LogP contribution in [-0.2, 0) is 17.9 Å². The van der Waals surface area contributed by atoms with Gasteiger partial charge in [0.1, 0.15) is 11.5 Å². The SMILES string of the molecule is COc1ccc(OCC(=O)NCc2c(C)nn(Cc3ccccc3)c2C)cc1. The van der Waals surface area contributed by atoms with E-state index in [-0.39, 0.29) is 12.5 Å². The van der Waals surface area contributed by atoms with E-state index >= 15 is 0 Å². The summed E-state index contributed by atoms with van der Waals surface area (Å²) < 4.78 is 12.6. The smallest absolute Gasteiger partial charge is 0.258 e. The molecule has 6 heteroatoms. The van der Waals surface area contributed by atoms with Crippen molar-refractivity contribution in [1.29, 1.82) is 0 Å². The normalized spacial score (nSPS) is 10.5. The van der Waals surface area contributed by atoms with Gasteiger partial charge >= 0.3 is 0 Å². The summed E-state index contributed by atoms with van der Waals surface area (Å²) in [5.41, 5.74) is 4.20. The van der Waals surface area contributed by atoms with Crippen LogP contribution in [0.2, 0.25) is 0 Å².